The lowest BCUT2D eigenvalue weighted by Crippen LogP contribution is -2.34. The van der Waals surface area contributed by atoms with Crippen LogP contribution in [0, 0.1) is 0 Å². The van der Waals surface area contributed by atoms with Crippen molar-refractivity contribution in [2.24, 2.45) is 5.10 Å². The lowest BCUT2D eigenvalue weighted by Gasteiger charge is -2.04. The minimum absolute atomic E-state index is 0.135. The molecule has 134 valence electrons. The number of rotatable bonds is 5. The maximum atomic E-state index is 11.9. The highest BCUT2D eigenvalue weighted by molar-refractivity contribution is 6.33. The quantitative estimate of drug-likeness (QED) is 0.603. The Balaban J connectivity index is 1.50. The maximum absolute atomic E-state index is 11.9. The van der Waals surface area contributed by atoms with Crippen LogP contribution in [0.15, 0.2) is 41.5 Å². The molecule has 2 amide bonds. The molecule has 0 bridgehead atoms. The van der Waals surface area contributed by atoms with Crippen molar-refractivity contribution in [3.63, 3.8) is 0 Å². The topological polar surface area (TPSA) is 89.0 Å². The second-order valence-corrected chi connectivity index (χ2v) is 6.05. The largest absolute Gasteiger partial charge is 0.454 e. The van der Waals surface area contributed by atoms with Gasteiger partial charge >= 0.3 is 0 Å². The van der Waals surface area contributed by atoms with E-state index in [1.54, 1.807) is 36.4 Å². The Labute approximate surface area is 158 Å². The number of amides is 2. The summed E-state index contributed by atoms with van der Waals surface area (Å²) in [5, 5.41) is 7.23. The zero-order valence-corrected chi connectivity index (χ0v) is 14.8. The van der Waals surface area contributed by atoms with Gasteiger partial charge in [-0.1, -0.05) is 23.2 Å². The average molecular weight is 394 g/mol. The standard InChI is InChI=1S/C17H13Cl2N3O4/c18-12-3-1-10(2-4-12)17(24)20-8-16(23)22-21-7-11-5-14-15(6-13(11)19)26-9-25-14/h1-7H,8-9H2,(H,20,24)(H,22,23)/b21-7+. The van der Waals surface area contributed by atoms with Crippen molar-refractivity contribution >= 4 is 41.2 Å². The van der Waals surface area contributed by atoms with Crippen molar-refractivity contribution < 1.29 is 19.1 Å². The zero-order valence-electron chi connectivity index (χ0n) is 13.3. The van der Waals surface area contributed by atoms with Crippen LogP contribution in [0.2, 0.25) is 10.0 Å². The van der Waals surface area contributed by atoms with E-state index in [1.165, 1.54) is 6.21 Å². The Hall–Kier alpha value is -2.77. The highest BCUT2D eigenvalue weighted by atomic mass is 35.5. The Morgan fingerprint density at radius 2 is 1.81 bits per heavy atom. The van der Waals surface area contributed by atoms with Crippen LogP contribution in [0.5, 0.6) is 11.5 Å². The molecule has 0 saturated carbocycles. The number of carbonyl (C=O) groups excluding carboxylic acids is 2. The summed E-state index contributed by atoms with van der Waals surface area (Å²) in [7, 11) is 0. The maximum Gasteiger partial charge on any atom is 0.259 e. The summed E-state index contributed by atoms with van der Waals surface area (Å²) in [6.45, 7) is -0.0933. The van der Waals surface area contributed by atoms with Crippen molar-refractivity contribution in [3.05, 3.63) is 57.6 Å². The van der Waals surface area contributed by atoms with E-state index in [-0.39, 0.29) is 19.2 Å². The molecule has 2 aromatic carbocycles. The molecule has 0 radical (unpaired) electrons. The van der Waals surface area contributed by atoms with Crippen molar-refractivity contribution in [1.29, 1.82) is 0 Å². The van der Waals surface area contributed by atoms with Crippen molar-refractivity contribution in [2.75, 3.05) is 13.3 Å². The van der Waals surface area contributed by atoms with E-state index >= 15 is 0 Å². The Bertz CT molecular complexity index is 869. The van der Waals surface area contributed by atoms with Crippen LogP contribution >= 0.6 is 23.2 Å². The number of nitrogens with zero attached hydrogens (tertiary/aromatic N) is 1. The highest BCUT2D eigenvalue weighted by Crippen LogP contribution is 2.36. The van der Waals surface area contributed by atoms with E-state index in [0.29, 0.717) is 32.7 Å². The normalized spacial score (nSPS) is 12.2. The third-order valence-electron chi connectivity index (χ3n) is 3.40. The van der Waals surface area contributed by atoms with Crippen molar-refractivity contribution in [1.82, 2.24) is 10.7 Å². The molecule has 0 fully saturated rings. The van der Waals surface area contributed by atoms with Crippen molar-refractivity contribution in [3.8, 4) is 11.5 Å². The molecule has 0 aromatic heterocycles. The Morgan fingerprint density at radius 1 is 1.12 bits per heavy atom. The van der Waals surface area contributed by atoms with E-state index in [9.17, 15) is 9.59 Å². The van der Waals surface area contributed by atoms with Gasteiger partial charge in [-0.05, 0) is 30.3 Å². The Morgan fingerprint density at radius 3 is 2.54 bits per heavy atom. The summed E-state index contributed by atoms with van der Waals surface area (Å²) in [4.78, 5) is 23.6. The third-order valence-corrected chi connectivity index (χ3v) is 3.98. The van der Waals surface area contributed by atoms with Gasteiger partial charge in [-0.15, -0.1) is 0 Å². The van der Waals surface area contributed by atoms with E-state index in [1.807, 2.05) is 0 Å². The number of fused-ring (bicyclic) bond motifs is 1. The molecule has 0 unspecified atom stereocenters. The monoisotopic (exact) mass is 393 g/mol. The van der Waals surface area contributed by atoms with Crippen LogP contribution in [0.25, 0.3) is 0 Å². The van der Waals surface area contributed by atoms with Crippen LogP contribution < -0.4 is 20.2 Å². The van der Waals surface area contributed by atoms with Gasteiger partial charge in [0.2, 0.25) is 6.79 Å². The number of ether oxygens (including phenoxy) is 2. The molecule has 2 aromatic rings. The highest BCUT2D eigenvalue weighted by Gasteiger charge is 2.15. The van der Waals surface area contributed by atoms with Gasteiger partial charge in [-0.3, -0.25) is 9.59 Å². The van der Waals surface area contributed by atoms with Gasteiger partial charge < -0.3 is 14.8 Å². The third kappa shape index (κ3) is 4.44. The molecule has 2 N–H and O–H groups in total. The van der Waals surface area contributed by atoms with Crippen LogP contribution in [-0.4, -0.2) is 31.4 Å². The second kappa shape index (κ2) is 8.07. The first-order valence-corrected chi connectivity index (χ1v) is 8.23. The lowest BCUT2D eigenvalue weighted by molar-refractivity contribution is -0.120. The number of nitrogens with one attached hydrogen (secondary N) is 2. The fourth-order valence-electron chi connectivity index (χ4n) is 2.11. The number of hydrogen-bond acceptors (Lipinski definition) is 5. The molecule has 7 nitrogen and oxygen atoms in total. The second-order valence-electron chi connectivity index (χ2n) is 5.21. The molecule has 1 aliphatic rings. The number of hydrazone groups is 1. The van der Waals surface area contributed by atoms with Gasteiger partial charge in [0.15, 0.2) is 11.5 Å². The molecule has 0 spiro atoms. The van der Waals surface area contributed by atoms with E-state index in [2.05, 4.69) is 15.8 Å². The first kappa shape index (κ1) is 18.0. The smallest absolute Gasteiger partial charge is 0.259 e. The van der Waals surface area contributed by atoms with Gasteiger partial charge in [0.1, 0.15) is 0 Å². The first-order chi connectivity index (χ1) is 12.5. The van der Waals surface area contributed by atoms with Gasteiger partial charge in [0.25, 0.3) is 11.8 Å². The first-order valence-electron chi connectivity index (χ1n) is 7.48. The SMILES string of the molecule is O=C(CNC(=O)c1ccc(Cl)cc1)N/N=C/c1cc2c(cc1Cl)OCO2. The van der Waals surface area contributed by atoms with Crippen LogP contribution in [0.3, 0.4) is 0 Å². The summed E-state index contributed by atoms with van der Waals surface area (Å²) in [6.07, 6.45) is 1.38. The summed E-state index contributed by atoms with van der Waals surface area (Å²) in [5.41, 5.74) is 3.26. The molecule has 9 heteroatoms. The molecule has 0 aliphatic carbocycles. The molecule has 0 atom stereocenters. The lowest BCUT2D eigenvalue weighted by atomic mass is 10.2. The predicted octanol–water partition coefficient (Wildman–Crippen LogP) is 2.60. The molecule has 1 heterocycles. The molecular formula is C17H13Cl2N3O4. The van der Waals surface area contributed by atoms with Crippen LogP contribution in [0.4, 0.5) is 0 Å². The minimum atomic E-state index is -0.486. The number of carbonyl (C=O) groups is 2. The molecule has 1 aliphatic heterocycles. The fourth-order valence-corrected chi connectivity index (χ4v) is 2.44. The van der Waals surface area contributed by atoms with E-state index in [0.717, 1.165) is 0 Å². The van der Waals surface area contributed by atoms with Gasteiger partial charge in [-0.25, -0.2) is 5.43 Å². The average Bonchev–Trinajstić information content (AvgIpc) is 3.07. The summed E-state index contributed by atoms with van der Waals surface area (Å²) < 4.78 is 10.5. The molecule has 0 saturated heterocycles. The van der Waals surface area contributed by atoms with Crippen LogP contribution in [-0.2, 0) is 4.79 Å². The summed E-state index contributed by atoms with van der Waals surface area (Å²) in [6, 6.07) is 9.58. The van der Waals surface area contributed by atoms with Gasteiger partial charge in [-0.2, -0.15) is 5.10 Å². The minimum Gasteiger partial charge on any atom is -0.454 e. The summed E-state index contributed by atoms with van der Waals surface area (Å²) >= 11 is 11.9. The number of halogens is 2. The Kier molecular flexibility index (Phi) is 5.60. The van der Waals surface area contributed by atoms with E-state index in [4.69, 9.17) is 32.7 Å². The fraction of sp³-hybridized carbons (Fsp3) is 0.118. The van der Waals surface area contributed by atoms with Gasteiger partial charge in [0.05, 0.1) is 17.8 Å². The van der Waals surface area contributed by atoms with E-state index < -0.39 is 5.91 Å². The molecular weight excluding hydrogens is 381 g/mol. The summed E-state index contributed by atoms with van der Waals surface area (Å²) in [5.74, 6) is 0.235. The predicted molar refractivity (Wildman–Crippen MR) is 97.1 cm³/mol. The van der Waals surface area contributed by atoms with Gasteiger partial charge in [0, 0.05) is 22.2 Å². The number of benzene rings is 2. The zero-order chi connectivity index (χ0) is 18.5. The van der Waals surface area contributed by atoms with Crippen molar-refractivity contribution in [2.45, 2.75) is 0 Å². The molecule has 3 rings (SSSR count). The molecule has 26 heavy (non-hydrogen) atoms. The van der Waals surface area contributed by atoms with Crippen LogP contribution in [0.1, 0.15) is 15.9 Å². The number of hydrogen-bond donors (Lipinski definition) is 2.